The number of H-pyrrole nitrogens is 1. The van der Waals surface area contributed by atoms with Gasteiger partial charge in [-0.1, -0.05) is 0 Å². The smallest absolute Gasteiger partial charge is 0.327 e. The molecule has 0 aliphatic carbocycles. The largest absolute Gasteiger partial charge is 0.480 e. The molecule has 1 rings (SSSR count). The Morgan fingerprint density at radius 3 is 2.94 bits per heavy atom. The van der Waals surface area contributed by atoms with E-state index in [4.69, 9.17) is 11.5 Å². The molecule has 0 aliphatic rings. The Morgan fingerprint density at radius 2 is 2.44 bits per heavy atom. The molecule has 0 fully saturated rings. The first kappa shape index (κ1) is 13.6. The molecule has 7 heteroatoms. The summed E-state index contributed by atoms with van der Waals surface area (Å²) in [6, 6.07) is -1.58. The summed E-state index contributed by atoms with van der Waals surface area (Å²) in [6.45, 7) is 0.324. The van der Waals surface area contributed by atoms with E-state index < -0.39 is 18.0 Å². The van der Waals surface area contributed by atoms with Crippen LogP contribution in [0.5, 0.6) is 0 Å². The van der Waals surface area contributed by atoms with Crippen LogP contribution in [0.3, 0.4) is 0 Å². The number of carbonyl (C=O) groups is 2. The standard InChI is InChI=1S/C11H14N4O3/c1-3-4-9(10(16)17)14-11(18)15(2)7-8-5-12-13-6-8/h1,5-6,9H,4,7H2,2H3,(H,12,13)(H,14,18)(H,16,17). The number of hydrogen-bond donors (Lipinski definition) is 3. The van der Waals surface area contributed by atoms with E-state index in [9.17, 15) is 9.59 Å². The van der Waals surface area contributed by atoms with Gasteiger partial charge in [-0.05, 0) is 0 Å². The molecular weight excluding hydrogens is 236 g/mol. The third-order valence-electron chi connectivity index (χ3n) is 2.24. The number of terminal acetylenes is 1. The van der Waals surface area contributed by atoms with Gasteiger partial charge in [0.15, 0.2) is 0 Å². The summed E-state index contributed by atoms with van der Waals surface area (Å²) < 4.78 is 0. The predicted octanol–water partition coefficient (Wildman–Crippen LogP) is 0.0276. The highest BCUT2D eigenvalue weighted by molar-refractivity contribution is 5.82. The normalized spacial score (nSPS) is 11.3. The molecule has 0 radical (unpaired) electrons. The lowest BCUT2D eigenvalue weighted by molar-refractivity contribution is -0.139. The van der Waals surface area contributed by atoms with Crippen LogP contribution in [-0.2, 0) is 11.3 Å². The van der Waals surface area contributed by atoms with Gasteiger partial charge in [0.05, 0.1) is 12.7 Å². The van der Waals surface area contributed by atoms with Crippen LogP contribution in [0, 0.1) is 12.3 Å². The van der Waals surface area contributed by atoms with Crippen molar-refractivity contribution >= 4 is 12.0 Å². The van der Waals surface area contributed by atoms with Gasteiger partial charge in [-0.15, -0.1) is 12.3 Å². The minimum atomic E-state index is -1.15. The Bertz CT molecular complexity index is 449. The van der Waals surface area contributed by atoms with Crippen LogP contribution in [-0.4, -0.2) is 45.3 Å². The van der Waals surface area contributed by atoms with Gasteiger partial charge in [-0.2, -0.15) is 5.10 Å². The number of hydrogen-bond acceptors (Lipinski definition) is 3. The summed E-state index contributed by atoms with van der Waals surface area (Å²) in [5.74, 6) is 1.06. The number of amides is 2. The second kappa shape index (κ2) is 6.30. The second-order valence-electron chi connectivity index (χ2n) is 3.71. The van der Waals surface area contributed by atoms with Crippen molar-refractivity contribution in [2.24, 2.45) is 0 Å². The summed E-state index contributed by atoms with van der Waals surface area (Å²) >= 11 is 0. The molecule has 18 heavy (non-hydrogen) atoms. The minimum Gasteiger partial charge on any atom is -0.480 e. The molecule has 0 saturated heterocycles. The molecule has 0 saturated carbocycles. The highest BCUT2D eigenvalue weighted by atomic mass is 16.4. The van der Waals surface area contributed by atoms with E-state index in [1.807, 2.05) is 0 Å². The summed E-state index contributed by atoms with van der Waals surface area (Å²) in [5, 5.41) is 17.6. The van der Waals surface area contributed by atoms with Gasteiger partial charge in [-0.25, -0.2) is 9.59 Å². The van der Waals surface area contributed by atoms with Crippen LogP contribution in [0.25, 0.3) is 0 Å². The molecule has 7 nitrogen and oxygen atoms in total. The first-order valence-corrected chi connectivity index (χ1v) is 5.20. The zero-order chi connectivity index (χ0) is 13.5. The van der Waals surface area contributed by atoms with E-state index in [0.29, 0.717) is 6.54 Å². The summed E-state index contributed by atoms with van der Waals surface area (Å²) in [7, 11) is 1.55. The highest BCUT2D eigenvalue weighted by Crippen LogP contribution is 2.01. The van der Waals surface area contributed by atoms with E-state index in [2.05, 4.69) is 21.4 Å². The summed E-state index contributed by atoms with van der Waals surface area (Å²) in [5.41, 5.74) is 0.816. The van der Waals surface area contributed by atoms with E-state index in [1.165, 1.54) is 4.90 Å². The third kappa shape index (κ3) is 3.83. The molecule has 0 spiro atoms. The topological polar surface area (TPSA) is 98.3 Å². The molecule has 1 unspecified atom stereocenters. The minimum absolute atomic E-state index is 0.0549. The third-order valence-corrected chi connectivity index (χ3v) is 2.24. The van der Waals surface area contributed by atoms with Crippen LogP contribution in [0.2, 0.25) is 0 Å². The zero-order valence-corrected chi connectivity index (χ0v) is 9.88. The fourth-order valence-corrected chi connectivity index (χ4v) is 1.29. The van der Waals surface area contributed by atoms with Gasteiger partial charge in [0.2, 0.25) is 0 Å². The molecular formula is C11H14N4O3. The molecule has 1 atom stereocenters. The number of carbonyl (C=O) groups excluding carboxylic acids is 1. The van der Waals surface area contributed by atoms with Crippen molar-refractivity contribution in [3.63, 3.8) is 0 Å². The second-order valence-corrected chi connectivity index (χ2v) is 3.71. The Labute approximate surface area is 104 Å². The molecule has 2 amide bonds. The van der Waals surface area contributed by atoms with Crippen LogP contribution in [0.4, 0.5) is 4.79 Å². The zero-order valence-electron chi connectivity index (χ0n) is 9.88. The molecule has 1 aromatic heterocycles. The lowest BCUT2D eigenvalue weighted by Crippen LogP contribution is -2.46. The summed E-state index contributed by atoms with van der Waals surface area (Å²) in [6.07, 6.45) is 8.22. The maximum Gasteiger partial charge on any atom is 0.327 e. The van der Waals surface area contributed by atoms with Crippen LogP contribution < -0.4 is 5.32 Å². The van der Waals surface area contributed by atoms with Gasteiger partial charge < -0.3 is 15.3 Å². The Balaban J connectivity index is 2.53. The van der Waals surface area contributed by atoms with Crippen LogP contribution >= 0.6 is 0 Å². The van der Waals surface area contributed by atoms with Gasteiger partial charge >= 0.3 is 12.0 Å². The average Bonchev–Trinajstić information content (AvgIpc) is 2.80. The van der Waals surface area contributed by atoms with Crippen molar-refractivity contribution in [3.8, 4) is 12.3 Å². The molecule has 0 aliphatic heterocycles. The van der Waals surface area contributed by atoms with Crippen molar-refractivity contribution in [2.75, 3.05) is 7.05 Å². The van der Waals surface area contributed by atoms with Crippen LogP contribution in [0.15, 0.2) is 12.4 Å². The Hall–Kier alpha value is -2.49. The number of urea groups is 1. The molecule has 1 aromatic rings. The number of rotatable bonds is 5. The van der Waals surface area contributed by atoms with E-state index in [1.54, 1.807) is 19.4 Å². The quantitative estimate of drug-likeness (QED) is 0.642. The first-order valence-electron chi connectivity index (χ1n) is 5.20. The van der Waals surface area contributed by atoms with Crippen molar-refractivity contribution in [3.05, 3.63) is 18.0 Å². The monoisotopic (exact) mass is 250 g/mol. The van der Waals surface area contributed by atoms with Crippen molar-refractivity contribution in [2.45, 2.75) is 19.0 Å². The number of carboxylic acid groups (broad SMARTS) is 1. The van der Waals surface area contributed by atoms with E-state index in [0.717, 1.165) is 5.56 Å². The summed E-state index contributed by atoms with van der Waals surface area (Å²) in [4.78, 5) is 23.9. The molecule has 96 valence electrons. The molecule has 1 heterocycles. The van der Waals surface area contributed by atoms with Crippen molar-refractivity contribution < 1.29 is 14.7 Å². The average molecular weight is 250 g/mol. The fraction of sp³-hybridized carbons (Fsp3) is 0.364. The van der Waals surface area contributed by atoms with Gasteiger partial charge in [0.25, 0.3) is 0 Å². The lowest BCUT2D eigenvalue weighted by Gasteiger charge is -2.19. The lowest BCUT2D eigenvalue weighted by atomic mass is 10.2. The van der Waals surface area contributed by atoms with Gasteiger partial charge in [-0.3, -0.25) is 5.10 Å². The Morgan fingerprint density at radius 1 is 1.72 bits per heavy atom. The number of nitrogens with one attached hydrogen (secondary N) is 2. The van der Waals surface area contributed by atoms with Gasteiger partial charge in [0, 0.05) is 25.2 Å². The van der Waals surface area contributed by atoms with E-state index in [-0.39, 0.29) is 6.42 Å². The number of aliphatic carboxylic acids is 1. The van der Waals surface area contributed by atoms with Gasteiger partial charge in [0.1, 0.15) is 6.04 Å². The molecule has 0 aromatic carbocycles. The number of aromatic amines is 1. The van der Waals surface area contributed by atoms with E-state index >= 15 is 0 Å². The Kier molecular flexibility index (Phi) is 4.75. The number of nitrogens with zero attached hydrogens (tertiary/aromatic N) is 2. The van der Waals surface area contributed by atoms with Crippen molar-refractivity contribution in [1.82, 2.24) is 20.4 Å². The SMILES string of the molecule is C#CCC(NC(=O)N(C)Cc1cn[nH]c1)C(=O)O. The van der Waals surface area contributed by atoms with Crippen LogP contribution in [0.1, 0.15) is 12.0 Å². The molecule has 0 bridgehead atoms. The molecule has 3 N–H and O–H groups in total. The number of aromatic nitrogens is 2. The first-order chi connectivity index (χ1) is 8.54. The maximum atomic E-state index is 11.7. The maximum absolute atomic E-state index is 11.7. The highest BCUT2D eigenvalue weighted by Gasteiger charge is 2.20. The number of carboxylic acids is 1. The predicted molar refractivity (Wildman–Crippen MR) is 63.5 cm³/mol. The van der Waals surface area contributed by atoms with Crippen molar-refractivity contribution in [1.29, 1.82) is 0 Å². The fourth-order valence-electron chi connectivity index (χ4n) is 1.29.